The van der Waals surface area contributed by atoms with Gasteiger partial charge in [0.1, 0.15) is 5.82 Å². The molecule has 0 saturated heterocycles. The molecule has 5 heteroatoms. The fourth-order valence-electron chi connectivity index (χ4n) is 2.21. The summed E-state index contributed by atoms with van der Waals surface area (Å²) in [7, 11) is 1.42. The van der Waals surface area contributed by atoms with Crippen LogP contribution in [0.15, 0.2) is 40.9 Å². The number of hydrogen-bond donors (Lipinski definition) is 1. The first-order valence-electron chi connectivity index (χ1n) is 6.58. The van der Waals surface area contributed by atoms with E-state index in [1.165, 1.54) is 25.3 Å². The molecule has 0 heterocycles. The molecular formula is C16H16BrF2NO. The number of halogens is 3. The van der Waals surface area contributed by atoms with Crippen LogP contribution in [0.2, 0.25) is 0 Å². The Labute approximate surface area is 131 Å². The number of benzene rings is 2. The predicted molar refractivity (Wildman–Crippen MR) is 82.6 cm³/mol. The maximum absolute atomic E-state index is 13.9. The first-order chi connectivity index (χ1) is 10.1. The highest BCUT2D eigenvalue weighted by Gasteiger charge is 2.18. The van der Waals surface area contributed by atoms with Crippen LogP contribution < -0.4 is 10.1 Å². The van der Waals surface area contributed by atoms with Crippen LogP contribution in [0, 0.1) is 11.6 Å². The Balaban J connectivity index is 2.48. The fraction of sp³-hybridized carbons (Fsp3) is 0.250. The molecule has 0 aliphatic rings. The molecule has 0 spiro atoms. The average Bonchev–Trinajstić information content (AvgIpc) is 2.47. The van der Waals surface area contributed by atoms with Gasteiger partial charge in [0, 0.05) is 4.47 Å². The third kappa shape index (κ3) is 3.60. The topological polar surface area (TPSA) is 21.3 Å². The van der Waals surface area contributed by atoms with Crippen LogP contribution in [-0.4, -0.2) is 13.7 Å². The van der Waals surface area contributed by atoms with Crippen LogP contribution in [0.5, 0.6) is 5.75 Å². The van der Waals surface area contributed by atoms with Gasteiger partial charge in [-0.2, -0.15) is 0 Å². The summed E-state index contributed by atoms with van der Waals surface area (Å²) in [5.41, 5.74) is 1.43. The Morgan fingerprint density at radius 1 is 1.19 bits per heavy atom. The average molecular weight is 356 g/mol. The summed E-state index contributed by atoms with van der Waals surface area (Å²) in [6, 6.07) is 8.92. The lowest BCUT2D eigenvalue weighted by Gasteiger charge is -2.21. The summed E-state index contributed by atoms with van der Waals surface area (Å²) in [4.78, 5) is 0. The van der Waals surface area contributed by atoms with Gasteiger partial charge in [-0.25, -0.2) is 8.78 Å². The Kier molecular flexibility index (Phi) is 5.31. The molecule has 2 rings (SSSR count). The molecule has 0 radical (unpaired) electrons. The van der Waals surface area contributed by atoms with Gasteiger partial charge < -0.3 is 10.1 Å². The Morgan fingerprint density at radius 2 is 1.95 bits per heavy atom. The van der Waals surface area contributed by atoms with Gasteiger partial charge in [0.2, 0.25) is 0 Å². The highest BCUT2D eigenvalue weighted by Crippen LogP contribution is 2.31. The predicted octanol–water partition coefficient (Wildman–Crippen LogP) is 4.43. The lowest BCUT2D eigenvalue weighted by atomic mass is 9.98. The molecule has 0 bridgehead atoms. The van der Waals surface area contributed by atoms with Gasteiger partial charge in [0.05, 0.1) is 13.2 Å². The van der Waals surface area contributed by atoms with Crippen molar-refractivity contribution in [3.63, 3.8) is 0 Å². The molecule has 0 aliphatic carbocycles. The molecule has 0 amide bonds. The molecule has 2 aromatic carbocycles. The van der Waals surface area contributed by atoms with Crippen molar-refractivity contribution in [3.05, 3.63) is 63.6 Å². The molecule has 1 unspecified atom stereocenters. The van der Waals surface area contributed by atoms with E-state index < -0.39 is 5.82 Å². The number of ether oxygens (including phenoxy) is 1. The largest absolute Gasteiger partial charge is 0.494 e. The molecule has 2 nitrogen and oxygen atoms in total. The molecule has 1 N–H and O–H groups in total. The normalized spacial score (nSPS) is 12.2. The van der Waals surface area contributed by atoms with Gasteiger partial charge >= 0.3 is 0 Å². The standard InChI is InChI=1S/C16H16BrF2NO/c1-3-20-16(12-9-11(18)5-6-13(12)17)10-4-7-15(21-2)14(19)8-10/h4-9,16,20H,3H2,1-2H3. The SMILES string of the molecule is CCNC(c1ccc(OC)c(F)c1)c1cc(F)ccc1Br. The summed E-state index contributed by atoms with van der Waals surface area (Å²) in [5, 5.41) is 3.24. The second kappa shape index (κ2) is 7.00. The van der Waals surface area contributed by atoms with Crippen molar-refractivity contribution in [1.82, 2.24) is 5.32 Å². The summed E-state index contributed by atoms with van der Waals surface area (Å²) in [6.45, 7) is 2.61. The van der Waals surface area contributed by atoms with Gasteiger partial charge in [0.25, 0.3) is 0 Å². The number of rotatable bonds is 5. The maximum Gasteiger partial charge on any atom is 0.165 e. The van der Waals surface area contributed by atoms with E-state index in [0.717, 1.165) is 10.0 Å². The number of hydrogen-bond acceptors (Lipinski definition) is 2. The van der Waals surface area contributed by atoms with Crippen molar-refractivity contribution in [3.8, 4) is 5.75 Å². The van der Waals surface area contributed by atoms with Gasteiger partial charge in [0.15, 0.2) is 11.6 Å². The third-order valence-corrected chi connectivity index (χ3v) is 3.91. The fourth-order valence-corrected chi connectivity index (χ4v) is 2.69. The van der Waals surface area contributed by atoms with E-state index in [0.29, 0.717) is 12.1 Å². The van der Waals surface area contributed by atoms with Gasteiger partial charge in [-0.05, 0) is 48.0 Å². The molecule has 112 valence electrons. The number of methoxy groups -OCH3 is 1. The second-order valence-corrected chi connectivity index (χ2v) is 5.40. The minimum absolute atomic E-state index is 0.187. The van der Waals surface area contributed by atoms with Gasteiger partial charge in [-0.3, -0.25) is 0 Å². The zero-order valence-corrected chi connectivity index (χ0v) is 13.4. The molecule has 21 heavy (non-hydrogen) atoms. The molecule has 0 saturated carbocycles. The second-order valence-electron chi connectivity index (χ2n) is 4.55. The Hall–Kier alpha value is -1.46. The summed E-state index contributed by atoms with van der Waals surface area (Å²) >= 11 is 3.42. The van der Waals surface area contributed by atoms with Crippen LogP contribution >= 0.6 is 15.9 Å². The van der Waals surface area contributed by atoms with E-state index >= 15 is 0 Å². The van der Waals surface area contributed by atoms with Crippen LogP contribution in [0.3, 0.4) is 0 Å². The highest BCUT2D eigenvalue weighted by molar-refractivity contribution is 9.10. The van der Waals surface area contributed by atoms with Crippen molar-refractivity contribution >= 4 is 15.9 Å². The quantitative estimate of drug-likeness (QED) is 0.856. The third-order valence-electron chi connectivity index (χ3n) is 3.19. The van der Waals surface area contributed by atoms with Crippen molar-refractivity contribution in [2.24, 2.45) is 0 Å². The molecular weight excluding hydrogens is 340 g/mol. The zero-order chi connectivity index (χ0) is 15.4. The van der Waals surface area contributed by atoms with Crippen LogP contribution in [-0.2, 0) is 0 Å². The lowest BCUT2D eigenvalue weighted by Crippen LogP contribution is -2.22. The lowest BCUT2D eigenvalue weighted by molar-refractivity contribution is 0.385. The molecule has 1 atom stereocenters. The van der Waals surface area contributed by atoms with Crippen molar-refractivity contribution in [1.29, 1.82) is 0 Å². The van der Waals surface area contributed by atoms with E-state index in [4.69, 9.17) is 4.74 Å². The molecule has 0 aliphatic heterocycles. The summed E-state index contributed by atoms with van der Waals surface area (Å²) in [6.07, 6.45) is 0. The first kappa shape index (κ1) is 15.9. The zero-order valence-electron chi connectivity index (χ0n) is 11.8. The smallest absolute Gasteiger partial charge is 0.165 e. The highest BCUT2D eigenvalue weighted by atomic mass is 79.9. The minimum atomic E-state index is -0.439. The van der Waals surface area contributed by atoms with E-state index in [1.807, 2.05) is 6.92 Å². The monoisotopic (exact) mass is 355 g/mol. The van der Waals surface area contributed by atoms with E-state index in [-0.39, 0.29) is 17.6 Å². The van der Waals surface area contributed by atoms with E-state index in [9.17, 15) is 8.78 Å². The van der Waals surface area contributed by atoms with E-state index in [2.05, 4.69) is 21.2 Å². The van der Waals surface area contributed by atoms with Crippen LogP contribution in [0.1, 0.15) is 24.1 Å². The number of nitrogens with one attached hydrogen (secondary N) is 1. The van der Waals surface area contributed by atoms with Crippen LogP contribution in [0.4, 0.5) is 8.78 Å². The minimum Gasteiger partial charge on any atom is -0.494 e. The maximum atomic E-state index is 13.9. The van der Waals surface area contributed by atoms with Crippen molar-refractivity contribution in [2.45, 2.75) is 13.0 Å². The van der Waals surface area contributed by atoms with Crippen molar-refractivity contribution < 1.29 is 13.5 Å². The van der Waals surface area contributed by atoms with Gasteiger partial charge in [-0.15, -0.1) is 0 Å². The van der Waals surface area contributed by atoms with E-state index in [1.54, 1.807) is 18.2 Å². The molecule has 0 fully saturated rings. The summed E-state index contributed by atoms with van der Waals surface area (Å²) < 4.78 is 33.1. The van der Waals surface area contributed by atoms with Crippen molar-refractivity contribution in [2.75, 3.05) is 13.7 Å². The first-order valence-corrected chi connectivity index (χ1v) is 7.38. The molecule has 0 aromatic heterocycles. The van der Waals surface area contributed by atoms with Gasteiger partial charge in [-0.1, -0.05) is 28.9 Å². The Bertz CT molecular complexity index is 634. The Morgan fingerprint density at radius 3 is 2.57 bits per heavy atom. The summed E-state index contributed by atoms with van der Waals surface area (Å²) in [5.74, 6) is -0.581. The molecule has 2 aromatic rings. The van der Waals surface area contributed by atoms with Crippen LogP contribution in [0.25, 0.3) is 0 Å².